The summed E-state index contributed by atoms with van der Waals surface area (Å²) in [5.74, 6) is -0.348. The minimum Gasteiger partial charge on any atom is -0.355 e. The van der Waals surface area contributed by atoms with Crippen LogP contribution in [0.5, 0.6) is 0 Å². The number of carbonyl (C=O) groups is 1. The van der Waals surface area contributed by atoms with Gasteiger partial charge >= 0.3 is 0 Å². The van der Waals surface area contributed by atoms with Crippen molar-refractivity contribution < 1.29 is 9.18 Å². The molecular formula is C11H12BrFN2O. The lowest BCUT2D eigenvalue weighted by molar-refractivity contribution is -0.108. The summed E-state index contributed by atoms with van der Waals surface area (Å²) in [7, 11) is 0. The molecule has 1 aromatic carbocycles. The van der Waals surface area contributed by atoms with Crippen LogP contribution in [0.1, 0.15) is 13.8 Å². The number of halogens is 2. The average molecular weight is 287 g/mol. The molecule has 86 valence electrons. The first kappa shape index (κ1) is 11.4. The van der Waals surface area contributed by atoms with Gasteiger partial charge in [0.25, 0.3) is 0 Å². The Bertz CT molecular complexity index is 436. The van der Waals surface area contributed by atoms with E-state index < -0.39 is 6.17 Å². The van der Waals surface area contributed by atoms with Gasteiger partial charge in [0, 0.05) is 10.5 Å². The number of hydrogen-bond donors (Lipinski definition) is 1. The molecule has 0 saturated carbocycles. The van der Waals surface area contributed by atoms with Gasteiger partial charge in [-0.25, -0.2) is 4.39 Å². The van der Waals surface area contributed by atoms with Gasteiger partial charge in [-0.05, 0) is 26.0 Å². The first-order chi connectivity index (χ1) is 7.54. The maximum atomic E-state index is 13.7. The van der Waals surface area contributed by atoms with Crippen molar-refractivity contribution in [1.29, 1.82) is 0 Å². The van der Waals surface area contributed by atoms with Gasteiger partial charge in [0.2, 0.25) is 0 Å². The molecule has 1 atom stereocenters. The summed E-state index contributed by atoms with van der Waals surface area (Å²) in [6.07, 6.45) is 0.298. The smallest absolute Gasteiger partial charge is 0.162 e. The highest BCUT2D eigenvalue weighted by molar-refractivity contribution is 9.10. The van der Waals surface area contributed by atoms with E-state index in [1.165, 1.54) is 6.07 Å². The van der Waals surface area contributed by atoms with Crippen LogP contribution in [0.25, 0.3) is 0 Å². The summed E-state index contributed by atoms with van der Waals surface area (Å²) in [5, 5.41) is 2.87. The number of nitrogens with one attached hydrogen (secondary N) is 1. The van der Waals surface area contributed by atoms with E-state index in [4.69, 9.17) is 0 Å². The largest absolute Gasteiger partial charge is 0.355 e. The summed E-state index contributed by atoms with van der Waals surface area (Å²) in [6, 6.07) is 3.32. The third kappa shape index (κ3) is 1.69. The summed E-state index contributed by atoms with van der Waals surface area (Å²) < 4.78 is 14.3. The number of hydrogen-bond acceptors (Lipinski definition) is 3. The monoisotopic (exact) mass is 286 g/mol. The van der Waals surface area contributed by atoms with Gasteiger partial charge in [-0.2, -0.15) is 0 Å². The number of rotatable bonds is 2. The van der Waals surface area contributed by atoms with E-state index >= 15 is 0 Å². The molecule has 1 N–H and O–H groups in total. The second-order valence-corrected chi connectivity index (χ2v) is 4.92. The van der Waals surface area contributed by atoms with Crippen LogP contribution in [0, 0.1) is 5.82 Å². The Hall–Kier alpha value is -1.10. The first-order valence-corrected chi connectivity index (χ1v) is 5.83. The molecule has 0 radical (unpaired) electrons. The Morgan fingerprint density at radius 2 is 2.25 bits per heavy atom. The highest BCUT2D eigenvalue weighted by Crippen LogP contribution is 2.39. The molecule has 2 rings (SSSR count). The van der Waals surface area contributed by atoms with Gasteiger partial charge in [-0.15, -0.1) is 0 Å². The molecule has 5 heteroatoms. The molecule has 16 heavy (non-hydrogen) atoms. The van der Waals surface area contributed by atoms with E-state index in [1.54, 1.807) is 0 Å². The predicted octanol–water partition coefficient (Wildman–Crippen LogP) is 2.75. The maximum absolute atomic E-state index is 13.7. The Balaban J connectivity index is 2.54. The van der Waals surface area contributed by atoms with E-state index in [0.717, 1.165) is 12.0 Å². The molecule has 0 aliphatic carbocycles. The molecule has 0 aromatic heterocycles. The first-order valence-electron chi connectivity index (χ1n) is 5.04. The topological polar surface area (TPSA) is 32.3 Å². The van der Waals surface area contributed by atoms with Crippen molar-refractivity contribution in [3.05, 3.63) is 22.4 Å². The van der Waals surface area contributed by atoms with E-state index in [-0.39, 0.29) is 11.9 Å². The fourth-order valence-electron chi connectivity index (χ4n) is 1.97. The van der Waals surface area contributed by atoms with Gasteiger partial charge in [-0.1, -0.05) is 15.9 Å². The zero-order valence-corrected chi connectivity index (χ0v) is 10.6. The lowest BCUT2D eigenvalue weighted by Crippen LogP contribution is -2.41. The Morgan fingerprint density at radius 1 is 1.56 bits per heavy atom. The molecule has 0 saturated heterocycles. The van der Waals surface area contributed by atoms with Gasteiger partial charge in [0.1, 0.15) is 5.82 Å². The van der Waals surface area contributed by atoms with Gasteiger partial charge < -0.3 is 10.2 Å². The number of carbonyl (C=O) groups excluding carboxylic acids is 1. The van der Waals surface area contributed by atoms with Crippen LogP contribution in [-0.2, 0) is 4.79 Å². The zero-order chi connectivity index (χ0) is 11.9. The predicted molar refractivity (Wildman–Crippen MR) is 65.2 cm³/mol. The average Bonchev–Trinajstić information content (AvgIpc) is 2.56. The third-order valence-corrected chi connectivity index (χ3v) is 3.05. The van der Waals surface area contributed by atoms with E-state index in [9.17, 15) is 9.18 Å². The van der Waals surface area contributed by atoms with Crippen molar-refractivity contribution in [3.63, 3.8) is 0 Å². The normalized spacial score (nSPS) is 18.6. The molecule has 0 amide bonds. The van der Waals surface area contributed by atoms with Crippen LogP contribution >= 0.6 is 15.9 Å². The molecule has 1 unspecified atom stereocenters. The quantitative estimate of drug-likeness (QED) is 0.849. The van der Waals surface area contributed by atoms with Crippen molar-refractivity contribution in [2.75, 3.05) is 10.2 Å². The number of nitrogens with zero attached hydrogens (tertiary/aromatic N) is 1. The highest BCUT2D eigenvalue weighted by atomic mass is 79.9. The van der Waals surface area contributed by atoms with Crippen molar-refractivity contribution in [3.8, 4) is 0 Å². The van der Waals surface area contributed by atoms with E-state index in [2.05, 4.69) is 21.2 Å². The summed E-state index contributed by atoms with van der Waals surface area (Å²) >= 11 is 3.25. The number of aldehydes is 1. The van der Waals surface area contributed by atoms with Crippen LogP contribution in [-0.4, -0.2) is 18.5 Å². The van der Waals surface area contributed by atoms with Crippen molar-refractivity contribution >= 4 is 33.6 Å². The number of benzene rings is 1. The maximum Gasteiger partial charge on any atom is 0.162 e. The number of fused-ring (bicyclic) bond motifs is 1. The van der Waals surface area contributed by atoms with Crippen LogP contribution in [0.15, 0.2) is 16.6 Å². The van der Waals surface area contributed by atoms with Crippen LogP contribution in [0.2, 0.25) is 0 Å². The molecular weight excluding hydrogens is 275 g/mol. The van der Waals surface area contributed by atoms with E-state index in [1.807, 2.05) is 24.8 Å². The summed E-state index contributed by atoms with van der Waals surface area (Å²) in [5.41, 5.74) is 1.12. The Kier molecular flexibility index (Phi) is 2.88. The molecule has 1 aliphatic heterocycles. The number of anilines is 2. The minimum atomic E-state index is -0.487. The minimum absolute atomic E-state index is 0.123. The second kappa shape index (κ2) is 4.05. The molecule has 1 aromatic rings. The van der Waals surface area contributed by atoms with Crippen LogP contribution in [0.4, 0.5) is 15.8 Å². The second-order valence-electron chi connectivity index (χ2n) is 4.01. The molecule has 1 heterocycles. The van der Waals surface area contributed by atoms with E-state index in [0.29, 0.717) is 10.2 Å². The lowest BCUT2D eigenvalue weighted by atomic mass is 10.2. The highest BCUT2D eigenvalue weighted by Gasteiger charge is 2.32. The SMILES string of the molecule is CC(C)N1c2cc(Br)cc(F)c2NC1C=O. The molecule has 0 fully saturated rings. The Labute approximate surface area is 102 Å². The summed E-state index contributed by atoms with van der Waals surface area (Å²) in [4.78, 5) is 12.8. The van der Waals surface area contributed by atoms with Crippen molar-refractivity contribution in [1.82, 2.24) is 0 Å². The van der Waals surface area contributed by atoms with Crippen molar-refractivity contribution in [2.45, 2.75) is 26.1 Å². The Morgan fingerprint density at radius 3 is 2.81 bits per heavy atom. The van der Waals surface area contributed by atoms with Gasteiger partial charge in [0.15, 0.2) is 12.5 Å². The molecule has 0 spiro atoms. The lowest BCUT2D eigenvalue weighted by Gasteiger charge is -2.27. The van der Waals surface area contributed by atoms with Crippen molar-refractivity contribution in [2.24, 2.45) is 0 Å². The summed E-state index contributed by atoms with van der Waals surface area (Å²) in [6.45, 7) is 3.93. The van der Waals surface area contributed by atoms with Gasteiger partial charge in [-0.3, -0.25) is 4.79 Å². The molecule has 0 bridgehead atoms. The van der Waals surface area contributed by atoms with Crippen LogP contribution in [0.3, 0.4) is 0 Å². The molecule has 1 aliphatic rings. The van der Waals surface area contributed by atoms with Crippen LogP contribution < -0.4 is 10.2 Å². The fraction of sp³-hybridized carbons (Fsp3) is 0.364. The fourth-order valence-corrected chi connectivity index (χ4v) is 2.39. The van der Waals surface area contributed by atoms with Gasteiger partial charge in [0.05, 0.1) is 11.4 Å². The zero-order valence-electron chi connectivity index (χ0n) is 9.00. The third-order valence-electron chi connectivity index (χ3n) is 2.59. The standard InChI is InChI=1S/C11H12BrFN2O/c1-6(2)15-9-4-7(12)3-8(13)11(9)14-10(15)5-16/h3-6,10,14H,1-2H3. The molecule has 3 nitrogen and oxygen atoms in total.